The number of carboxylic acids is 1. The maximum atomic E-state index is 12.0. The highest BCUT2D eigenvalue weighted by Gasteiger charge is 2.12. The summed E-state index contributed by atoms with van der Waals surface area (Å²) in [5, 5.41) is 27.1. The topological polar surface area (TPSA) is 117 Å². The molecule has 0 aliphatic heterocycles. The van der Waals surface area contributed by atoms with Gasteiger partial charge in [-0.1, -0.05) is 12.1 Å². The van der Waals surface area contributed by atoms with Crippen molar-refractivity contribution in [3.63, 3.8) is 0 Å². The second-order valence-corrected chi connectivity index (χ2v) is 5.61. The van der Waals surface area contributed by atoms with Crippen molar-refractivity contribution in [3.8, 4) is 17.6 Å². The second kappa shape index (κ2) is 8.54. The summed E-state index contributed by atoms with van der Waals surface area (Å²) in [5.74, 6) is -2.35. The van der Waals surface area contributed by atoms with Gasteiger partial charge in [-0.25, -0.2) is 4.79 Å². The Hall–Kier alpha value is -3.79. The van der Waals surface area contributed by atoms with Crippen LogP contribution in [0.2, 0.25) is 0 Å². The lowest BCUT2D eigenvalue weighted by Crippen LogP contribution is -2.05. The average molecular weight is 367 g/mol. The Morgan fingerprint density at radius 1 is 1.19 bits per heavy atom. The molecule has 0 atom stereocenters. The average Bonchev–Trinajstić information content (AvgIpc) is 2.65. The van der Waals surface area contributed by atoms with Gasteiger partial charge in [0, 0.05) is 17.2 Å². The lowest BCUT2D eigenvalue weighted by Gasteiger charge is -2.12. The molecule has 0 aliphatic rings. The predicted octanol–water partition coefficient (Wildman–Crippen LogP) is 3.16. The van der Waals surface area contributed by atoms with E-state index in [4.69, 9.17) is 14.6 Å². The van der Waals surface area contributed by atoms with Crippen LogP contribution < -0.4 is 9.47 Å². The van der Waals surface area contributed by atoms with Crippen LogP contribution in [-0.2, 0) is 11.4 Å². The molecule has 2 rings (SSSR count). The smallest absolute Gasteiger partial charge is 0.371 e. The molecule has 7 heteroatoms. The van der Waals surface area contributed by atoms with Crippen molar-refractivity contribution < 1.29 is 29.3 Å². The van der Waals surface area contributed by atoms with Gasteiger partial charge in [-0.05, 0) is 36.8 Å². The van der Waals surface area contributed by atoms with Gasteiger partial charge >= 0.3 is 5.97 Å². The zero-order chi connectivity index (χ0) is 20.0. The van der Waals surface area contributed by atoms with Crippen molar-refractivity contribution >= 4 is 11.8 Å². The molecule has 138 valence electrons. The molecule has 27 heavy (non-hydrogen) atoms. The molecule has 0 unspecified atom stereocenters. The van der Waals surface area contributed by atoms with Crippen LogP contribution in [0.3, 0.4) is 0 Å². The Bertz CT molecular complexity index is 955. The summed E-state index contributed by atoms with van der Waals surface area (Å²) in [6.45, 7) is 1.87. The van der Waals surface area contributed by atoms with E-state index in [1.807, 2.05) is 0 Å². The predicted molar refractivity (Wildman–Crippen MR) is 95.9 cm³/mol. The monoisotopic (exact) mass is 367 g/mol. The van der Waals surface area contributed by atoms with Crippen molar-refractivity contribution in [1.29, 1.82) is 5.26 Å². The summed E-state index contributed by atoms with van der Waals surface area (Å²) in [5.41, 5.74) is 2.03. The number of carbonyl (C=O) groups excluding carboxylic acids is 1. The summed E-state index contributed by atoms with van der Waals surface area (Å²) in [6, 6.07) is 11.7. The third kappa shape index (κ3) is 4.86. The Labute approximate surface area is 155 Å². The number of aliphatic carboxylic acids is 1. The normalized spacial score (nSPS) is 10.8. The lowest BCUT2D eigenvalue weighted by molar-refractivity contribution is -0.135. The zero-order valence-corrected chi connectivity index (χ0v) is 14.7. The van der Waals surface area contributed by atoms with Crippen molar-refractivity contribution in [1.82, 2.24) is 0 Å². The first-order chi connectivity index (χ1) is 12.8. The van der Waals surface area contributed by atoms with Crippen LogP contribution in [-0.4, -0.2) is 29.1 Å². The molecule has 2 aromatic carbocycles. The number of hydrogen-bond acceptors (Lipinski definition) is 6. The Morgan fingerprint density at radius 2 is 1.93 bits per heavy atom. The maximum absolute atomic E-state index is 12.0. The van der Waals surface area contributed by atoms with Gasteiger partial charge in [0.25, 0.3) is 0 Å². The van der Waals surface area contributed by atoms with Crippen LogP contribution in [0.4, 0.5) is 0 Å². The fourth-order valence-electron chi connectivity index (χ4n) is 2.39. The number of aliphatic hydroxyl groups is 1. The van der Waals surface area contributed by atoms with E-state index in [2.05, 4.69) is 6.07 Å². The van der Waals surface area contributed by atoms with Gasteiger partial charge in [0.1, 0.15) is 18.1 Å². The molecule has 0 aliphatic carbocycles. The first-order valence-corrected chi connectivity index (χ1v) is 7.84. The molecule has 0 heterocycles. The quantitative estimate of drug-likeness (QED) is 0.438. The minimum Gasteiger partial charge on any atom is -0.502 e. The summed E-state index contributed by atoms with van der Waals surface area (Å²) < 4.78 is 10.9. The first-order valence-electron chi connectivity index (χ1n) is 7.84. The molecule has 0 radical (unpaired) electrons. The molecular weight excluding hydrogens is 350 g/mol. The number of ketones is 1. The number of nitrogens with zero attached hydrogens (tertiary/aromatic N) is 1. The first kappa shape index (κ1) is 19.5. The van der Waals surface area contributed by atoms with E-state index in [-0.39, 0.29) is 12.2 Å². The molecule has 0 saturated heterocycles. The van der Waals surface area contributed by atoms with E-state index in [1.165, 1.54) is 19.2 Å². The maximum Gasteiger partial charge on any atom is 0.371 e. The number of nitriles is 1. The summed E-state index contributed by atoms with van der Waals surface area (Å²) in [7, 11) is 1.53. The minimum atomic E-state index is -1.59. The molecule has 7 nitrogen and oxygen atoms in total. The number of carbonyl (C=O) groups is 2. The lowest BCUT2D eigenvalue weighted by atomic mass is 10.0. The van der Waals surface area contributed by atoms with Crippen molar-refractivity contribution in [3.05, 3.63) is 70.5 Å². The molecule has 2 aromatic rings. The Morgan fingerprint density at radius 3 is 2.56 bits per heavy atom. The number of hydrogen-bond donors (Lipinski definition) is 2. The molecule has 0 bridgehead atoms. The van der Waals surface area contributed by atoms with Crippen LogP contribution >= 0.6 is 0 Å². The summed E-state index contributed by atoms with van der Waals surface area (Å²) >= 11 is 0. The van der Waals surface area contributed by atoms with E-state index in [0.717, 1.165) is 5.56 Å². The van der Waals surface area contributed by atoms with E-state index in [0.29, 0.717) is 28.7 Å². The number of allylic oxidation sites excluding steroid dienone is 1. The largest absolute Gasteiger partial charge is 0.502 e. The summed E-state index contributed by atoms with van der Waals surface area (Å²) in [4.78, 5) is 22.6. The third-order valence-electron chi connectivity index (χ3n) is 3.74. The number of methoxy groups -OCH3 is 1. The van der Waals surface area contributed by atoms with Gasteiger partial charge in [0.15, 0.2) is 5.78 Å². The number of rotatable bonds is 7. The van der Waals surface area contributed by atoms with E-state index in [1.54, 1.807) is 31.2 Å². The molecule has 0 spiro atoms. The van der Waals surface area contributed by atoms with Crippen LogP contribution in [0.15, 0.2) is 48.2 Å². The molecular formula is C20H17NO6. The summed E-state index contributed by atoms with van der Waals surface area (Å²) in [6.07, 6.45) is 0.626. The van der Waals surface area contributed by atoms with E-state index >= 15 is 0 Å². The number of ether oxygens (including phenoxy) is 2. The van der Waals surface area contributed by atoms with Crippen LogP contribution in [0, 0.1) is 18.3 Å². The van der Waals surface area contributed by atoms with Crippen LogP contribution in [0.25, 0.3) is 0 Å². The highest BCUT2D eigenvalue weighted by atomic mass is 16.5. The fraction of sp³-hybridized carbons (Fsp3) is 0.150. The molecule has 0 saturated carbocycles. The standard InChI is InChI=1S/C20H17NO6/c1-12-6-16(26-2)8-14(17(12)10-21)11-27-15-5-3-4-13(7-15)18(22)9-19(23)20(24)25/h3-9,23H,11H2,1-2H3,(H,24,25)/b19-9+. The van der Waals surface area contributed by atoms with Crippen LogP contribution in [0.1, 0.15) is 27.0 Å². The molecule has 0 amide bonds. The van der Waals surface area contributed by atoms with Gasteiger partial charge < -0.3 is 19.7 Å². The van der Waals surface area contributed by atoms with E-state index in [9.17, 15) is 20.0 Å². The molecule has 0 fully saturated rings. The Balaban J connectivity index is 2.22. The van der Waals surface area contributed by atoms with E-state index < -0.39 is 17.5 Å². The zero-order valence-electron chi connectivity index (χ0n) is 14.7. The van der Waals surface area contributed by atoms with Crippen molar-refractivity contribution in [2.45, 2.75) is 13.5 Å². The van der Waals surface area contributed by atoms with Crippen molar-refractivity contribution in [2.24, 2.45) is 0 Å². The number of aryl methyl sites for hydroxylation is 1. The highest BCUT2D eigenvalue weighted by Crippen LogP contribution is 2.24. The van der Waals surface area contributed by atoms with Gasteiger partial charge in [-0.2, -0.15) is 5.26 Å². The highest BCUT2D eigenvalue weighted by molar-refractivity contribution is 6.07. The van der Waals surface area contributed by atoms with Gasteiger partial charge in [0.05, 0.1) is 18.7 Å². The van der Waals surface area contributed by atoms with Crippen molar-refractivity contribution in [2.75, 3.05) is 7.11 Å². The number of benzene rings is 2. The van der Waals surface area contributed by atoms with Gasteiger partial charge in [-0.15, -0.1) is 0 Å². The van der Waals surface area contributed by atoms with Crippen LogP contribution in [0.5, 0.6) is 11.5 Å². The van der Waals surface area contributed by atoms with Gasteiger partial charge in [0.2, 0.25) is 5.76 Å². The van der Waals surface area contributed by atoms with Gasteiger partial charge in [-0.3, -0.25) is 4.79 Å². The third-order valence-corrected chi connectivity index (χ3v) is 3.74. The minimum absolute atomic E-state index is 0.0782. The molecule has 2 N–H and O–H groups in total. The Kier molecular flexibility index (Phi) is 6.18. The number of aliphatic hydroxyl groups excluding tert-OH is 1. The fourth-order valence-corrected chi connectivity index (χ4v) is 2.39. The number of carboxylic acid groups (broad SMARTS) is 1. The SMILES string of the molecule is COc1cc(C)c(C#N)c(COc2cccc(C(=O)/C=C(/O)C(=O)O)c2)c1. The second-order valence-electron chi connectivity index (χ2n) is 5.61. The molecule has 0 aromatic heterocycles.